The van der Waals surface area contributed by atoms with E-state index in [1.54, 1.807) is 0 Å². The quantitative estimate of drug-likeness (QED) is 0.907. The summed E-state index contributed by atoms with van der Waals surface area (Å²) >= 11 is 5.69. The Labute approximate surface area is 134 Å². The Kier molecular flexibility index (Phi) is 5.52. The van der Waals surface area contributed by atoms with Gasteiger partial charge in [-0.1, -0.05) is 35.9 Å². The van der Waals surface area contributed by atoms with Crippen molar-refractivity contribution < 1.29 is 9.18 Å². The van der Waals surface area contributed by atoms with Crippen molar-refractivity contribution >= 4 is 23.2 Å². The molecule has 3 nitrogen and oxygen atoms in total. The van der Waals surface area contributed by atoms with E-state index in [0.29, 0.717) is 12.2 Å². The van der Waals surface area contributed by atoms with E-state index in [4.69, 9.17) is 11.6 Å². The van der Waals surface area contributed by atoms with E-state index in [1.807, 2.05) is 43.1 Å². The maximum atomic E-state index is 13.1. The Morgan fingerprint density at radius 3 is 2.68 bits per heavy atom. The molecule has 2 aromatic rings. The van der Waals surface area contributed by atoms with Gasteiger partial charge in [0, 0.05) is 12.2 Å². The fourth-order valence-corrected chi connectivity index (χ4v) is 2.33. The molecule has 0 saturated carbocycles. The average Bonchev–Trinajstić information content (AvgIpc) is 2.45. The molecular weight excluding hydrogens is 303 g/mol. The van der Waals surface area contributed by atoms with Crippen LogP contribution in [0.5, 0.6) is 0 Å². The number of carbonyl (C=O) groups is 1. The highest BCUT2D eigenvalue weighted by Crippen LogP contribution is 2.19. The lowest BCUT2D eigenvalue weighted by Gasteiger charge is -2.17. The van der Waals surface area contributed by atoms with Crippen LogP contribution < -0.4 is 5.32 Å². The summed E-state index contributed by atoms with van der Waals surface area (Å²) in [5.74, 6) is -0.671. The fraction of sp³-hybridized carbons (Fsp3) is 0.235. The second-order valence-corrected chi connectivity index (χ2v) is 5.68. The zero-order valence-corrected chi connectivity index (χ0v) is 13.3. The molecule has 0 atom stereocenters. The Balaban J connectivity index is 1.91. The molecule has 0 aromatic heterocycles. The van der Waals surface area contributed by atoms with Crippen LogP contribution in [0, 0.1) is 12.7 Å². The lowest BCUT2D eigenvalue weighted by molar-refractivity contribution is -0.117. The Bertz CT molecular complexity index is 675. The first-order chi connectivity index (χ1) is 10.5. The molecule has 0 aliphatic carbocycles. The molecule has 2 rings (SSSR count). The van der Waals surface area contributed by atoms with E-state index in [-0.39, 0.29) is 17.5 Å². The number of hydrogen-bond acceptors (Lipinski definition) is 2. The zero-order chi connectivity index (χ0) is 16.1. The third-order valence-corrected chi connectivity index (χ3v) is 3.61. The number of likely N-dealkylation sites (N-methyl/N-ethyl adjacent to an activating group) is 1. The van der Waals surface area contributed by atoms with Crippen LogP contribution in [0.4, 0.5) is 10.1 Å². The molecule has 1 amide bonds. The standard InChI is InChI=1S/C17H18ClFN2O/c1-12-5-3-4-6-13(12)10-21(2)11-17(22)20-14-7-8-16(19)15(18)9-14/h3-9H,10-11H2,1-2H3,(H,20,22). The third kappa shape index (κ3) is 4.55. The van der Waals surface area contributed by atoms with Crippen molar-refractivity contribution in [3.63, 3.8) is 0 Å². The number of carbonyl (C=O) groups excluding carboxylic acids is 1. The van der Waals surface area contributed by atoms with Crippen LogP contribution in [0.2, 0.25) is 5.02 Å². The van der Waals surface area contributed by atoms with Crippen LogP contribution in [0.1, 0.15) is 11.1 Å². The average molecular weight is 321 g/mol. The smallest absolute Gasteiger partial charge is 0.238 e. The van der Waals surface area contributed by atoms with Gasteiger partial charge < -0.3 is 5.32 Å². The maximum Gasteiger partial charge on any atom is 0.238 e. The molecule has 0 aliphatic rings. The molecule has 5 heteroatoms. The van der Waals surface area contributed by atoms with Gasteiger partial charge >= 0.3 is 0 Å². The van der Waals surface area contributed by atoms with Crippen LogP contribution in [0.3, 0.4) is 0 Å². The molecule has 116 valence electrons. The van der Waals surface area contributed by atoms with Gasteiger partial charge in [-0.25, -0.2) is 4.39 Å². The van der Waals surface area contributed by atoms with Gasteiger partial charge in [0.05, 0.1) is 11.6 Å². The Hall–Kier alpha value is -1.91. The Morgan fingerprint density at radius 1 is 1.27 bits per heavy atom. The van der Waals surface area contributed by atoms with Gasteiger partial charge in [-0.05, 0) is 43.3 Å². The van der Waals surface area contributed by atoms with Crippen LogP contribution in [-0.2, 0) is 11.3 Å². The summed E-state index contributed by atoms with van der Waals surface area (Å²) in [6.07, 6.45) is 0. The fourth-order valence-electron chi connectivity index (χ4n) is 2.15. The highest BCUT2D eigenvalue weighted by atomic mass is 35.5. The topological polar surface area (TPSA) is 32.3 Å². The van der Waals surface area contributed by atoms with Gasteiger partial charge in [0.25, 0.3) is 0 Å². The van der Waals surface area contributed by atoms with Crippen LogP contribution in [-0.4, -0.2) is 24.4 Å². The van der Waals surface area contributed by atoms with Crippen LogP contribution >= 0.6 is 11.6 Å². The number of amides is 1. The molecule has 0 bridgehead atoms. The monoisotopic (exact) mass is 320 g/mol. The van der Waals surface area contributed by atoms with Crippen molar-refractivity contribution in [1.82, 2.24) is 4.90 Å². The number of anilines is 1. The molecule has 0 radical (unpaired) electrons. The maximum absolute atomic E-state index is 13.1. The van der Waals surface area contributed by atoms with Crippen molar-refractivity contribution in [2.24, 2.45) is 0 Å². The molecule has 2 aromatic carbocycles. The number of nitrogens with zero attached hydrogens (tertiary/aromatic N) is 1. The summed E-state index contributed by atoms with van der Waals surface area (Å²) in [6.45, 7) is 2.97. The second-order valence-electron chi connectivity index (χ2n) is 5.28. The number of hydrogen-bond donors (Lipinski definition) is 1. The number of rotatable bonds is 5. The van der Waals surface area contributed by atoms with E-state index in [9.17, 15) is 9.18 Å². The largest absolute Gasteiger partial charge is 0.325 e. The Morgan fingerprint density at radius 2 is 2.00 bits per heavy atom. The van der Waals surface area contributed by atoms with Crippen LogP contribution in [0.25, 0.3) is 0 Å². The number of benzene rings is 2. The van der Waals surface area contributed by atoms with Gasteiger partial charge in [-0.15, -0.1) is 0 Å². The minimum absolute atomic E-state index is 0.00827. The van der Waals surface area contributed by atoms with Gasteiger partial charge in [-0.3, -0.25) is 9.69 Å². The lowest BCUT2D eigenvalue weighted by Crippen LogP contribution is -2.30. The van der Waals surface area contributed by atoms with Gasteiger partial charge in [0.15, 0.2) is 0 Å². The van der Waals surface area contributed by atoms with Crippen molar-refractivity contribution in [3.8, 4) is 0 Å². The van der Waals surface area contributed by atoms with Crippen molar-refractivity contribution in [2.45, 2.75) is 13.5 Å². The molecule has 0 spiro atoms. The molecule has 0 heterocycles. The second kappa shape index (κ2) is 7.38. The highest BCUT2D eigenvalue weighted by Gasteiger charge is 2.09. The SMILES string of the molecule is Cc1ccccc1CN(C)CC(=O)Nc1ccc(F)c(Cl)c1. The number of nitrogens with one attached hydrogen (secondary N) is 1. The number of aryl methyl sites for hydroxylation is 1. The lowest BCUT2D eigenvalue weighted by atomic mass is 10.1. The molecule has 0 aliphatic heterocycles. The summed E-state index contributed by atoms with van der Waals surface area (Å²) in [5.41, 5.74) is 2.86. The first-order valence-electron chi connectivity index (χ1n) is 6.93. The van der Waals surface area contributed by atoms with Crippen molar-refractivity contribution in [3.05, 3.63) is 64.4 Å². The summed E-state index contributed by atoms with van der Waals surface area (Å²) in [7, 11) is 1.88. The van der Waals surface area contributed by atoms with Gasteiger partial charge in [0.2, 0.25) is 5.91 Å². The van der Waals surface area contributed by atoms with E-state index >= 15 is 0 Å². The minimum Gasteiger partial charge on any atom is -0.325 e. The van der Waals surface area contributed by atoms with Crippen molar-refractivity contribution in [1.29, 1.82) is 0 Å². The minimum atomic E-state index is -0.503. The molecular formula is C17H18ClFN2O. The third-order valence-electron chi connectivity index (χ3n) is 3.32. The van der Waals surface area contributed by atoms with E-state index in [0.717, 1.165) is 0 Å². The van der Waals surface area contributed by atoms with Gasteiger partial charge in [-0.2, -0.15) is 0 Å². The van der Waals surface area contributed by atoms with Gasteiger partial charge in [0.1, 0.15) is 5.82 Å². The summed E-state index contributed by atoms with van der Waals surface area (Å²) in [6, 6.07) is 12.2. The summed E-state index contributed by atoms with van der Waals surface area (Å²) < 4.78 is 13.1. The normalized spacial score (nSPS) is 10.8. The molecule has 1 N–H and O–H groups in total. The molecule has 22 heavy (non-hydrogen) atoms. The summed E-state index contributed by atoms with van der Waals surface area (Å²) in [5, 5.41) is 2.70. The van der Waals surface area contributed by atoms with Crippen molar-refractivity contribution in [2.75, 3.05) is 18.9 Å². The highest BCUT2D eigenvalue weighted by molar-refractivity contribution is 6.31. The van der Waals surface area contributed by atoms with Crippen LogP contribution in [0.15, 0.2) is 42.5 Å². The molecule has 0 unspecified atom stereocenters. The first-order valence-corrected chi connectivity index (χ1v) is 7.31. The first kappa shape index (κ1) is 16.5. The molecule has 0 saturated heterocycles. The summed E-state index contributed by atoms with van der Waals surface area (Å²) in [4.78, 5) is 13.9. The zero-order valence-electron chi connectivity index (χ0n) is 12.6. The van der Waals surface area contributed by atoms with E-state index in [1.165, 1.54) is 29.3 Å². The predicted octanol–water partition coefficient (Wildman–Crippen LogP) is 3.86. The number of halogens is 2. The predicted molar refractivity (Wildman–Crippen MR) is 87.6 cm³/mol. The molecule has 0 fully saturated rings. The van der Waals surface area contributed by atoms with E-state index < -0.39 is 5.82 Å². The van der Waals surface area contributed by atoms with E-state index in [2.05, 4.69) is 5.32 Å².